The maximum absolute atomic E-state index is 11.0. The quantitative estimate of drug-likeness (QED) is 0.517. The molecule has 0 spiro atoms. The van der Waals surface area contributed by atoms with Gasteiger partial charge in [-0.25, -0.2) is 8.42 Å². The number of esters is 1. The van der Waals surface area contributed by atoms with Crippen molar-refractivity contribution in [3.05, 3.63) is 0 Å². The van der Waals surface area contributed by atoms with Crippen LogP contribution in [0.2, 0.25) is 0 Å². The van der Waals surface area contributed by atoms with Gasteiger partial charge >= 0.3 is 5.97 Å². The lowest BCUT2D eigenvalue weighted by Crippen LogP contribution is -2.33. The summed E-state index contributed by atoms with van der Waals surface area (Å²) in [5, 5.41) is 0. The summed E-state index contributed by atoms with van der Waals surface area (Å²) >= 11 is 2.80. The number of hydrogen-bond donors (Lipinski definition) is 0. The molecule has 0 saturated carbocycles. The van der Waals surface area contributed by atoms with Crippen LogP contribution in [0.3, 0.4) is 0 Å². The zero-order chi connectivity index (χ0) is 9.78. The number of ether oxygens (including phenoxy) is 1. The van der Waals surface area contributed by atoms with Crippen molar-refractivity contribution in [1.82, 2.24) is 4.31 Å². The van der Waals surface area contributed by atoms with Crippen molar-refractivity contribution in [2.24, 2.45) is 0 Å². The maximum atomic E-state index is 11.0. The molecule has 12 heavy (non-hydrogen) atoms. The molecule has 0 amide bonds. The van der Waals surface area contributed by atoms with Crippen LogP contribution in [-0.4, -0.2) is 44.1 Å². The Balaban J connectivity index is 4.23. The largest absolute Gasteiger partial charge is 0.468 e. The van der Waals surface area contributed by atoms with Gasteiger partial charge in [-0.05, 0) is 0 Å². The average Bonchev–Trinajstić information content (AvgIpc) is 2.04. The van der Waals surface area contributed by atoms with Gasteiger partial charge in [-0.15, -0.1) is 0 Å². The number of methoxy groups -OCH3 is 1. The Labute approximate surface area is 79.9 Å². The van der Waals surface area contributed by atoms with E-state index in [-0.39, 0.29) is 11.2 Å². The third kappa shape index (κ3) is 3.51. The van der Waals surface area contributed by atoms with E-state index >= 15 is 0 Å². The summed E-state index contributed by atoms with van der Waals surface area (Å²) < 4.78 is 27.1. The van der Waals surface area contributed by atoms with Crippen molar-refractivity contribution in [3.8, 4) is 0 Å². The van der Waals surface area contributed by atoms with E-state index < -0.39 is 16.0 Å². The number of carbonyl (C=O) groups is 1. The van der Waals surface area contributed by atoms with Crippen molar-refractivity contribution in [3.63, 3.8) is 0 Å². The van der Waals surface area contributed by atoms with E-state index in [4.69, 9.17) is 0 Å². The highest BCUT2D eigenvalue weighted by atomic mass is 79.9. The lowest BCUT2D eigenvalue weighted by molar-refractivity contribution is -0.140. The monoisotopic (exact) mass is 259 g/mol. The van der Waals surface area contributed by atoms with Crippen LogP contribution < -0.4 is 0 Å². The van der Waals surface area contributed by atoms with E-state index in [9.17, 15) is 13.2 Å². The second-order valence-electron chi connectivity index (χ2n) is 2.05. The average molecular weight is 260 g/mol. The number of alkyl halides is 1. The van der Waals surface area contributed by atoms with Crippen molar-refractivity contribution in [1.29, 1.82) is 0 Å². The van der Waals surface area contributed by atoms with Crippen LogP contribution in [0.5, 0.6) is 0 Å². The van der Waals surface area contributed by atoms with E-state index in [1.807, 2.05) is 0 Å². The molecule has 0 saturated heterocycles. The van der Waals surface area contributed by atoms with Crippen LogP contribution in [0.15, 0.2) is 0 Å². The Bertz CT molecular complexity index is 250. The number of sulfonamides is 1. The maximum Gasteiger partial charge on any atom is 0.320 e. The SMILES string of the molecule is COC(=O)CN(C)S(=O)(=O)CBr. The second kappa shape index (κ2) is 4.78. The molecule has 0 aromatic heterocycles. The van der Waals surface area contributed by atoms with Crippen LogP contribution in [-0.2, 0) is 19.6 Å². The fourth-order valence-corrected chi connectivity index (χ4v) is 1.95. The molecule has 0 aliphatic carbocycles. The summed E-state index contributed by atoms with van der Waals surface area (Å²) in [6, 6.07) is 0. The normalized spacial score (nSPS) is 11.7. The lowest BCUT2D eigenvalue weighted by atomic mass is 10.7. The summed E-state index contributed by atoms with van der Waals surface area (Å²) in [5.74, 6) is -0.581. The van der Waals surface area contributed by atoms with Crippen LogP contribution in [0.1, 0.15) is 0 Å². The summed E-state index contributed by atoms with van der Waals surface area (Å²) in [6.45, 7) is -0.259. The molecule has 0 aromatic rings. The van der Waals surface area contributed by atoms with Crippen molar-refractivity contribution in [2.45, 2.75) is 0 Å². The number of carbonyl (C=O) groups excluding carboxylic acids is 1. The van der Waals surface area contributed by atoms with E-state index in [0.29, 0.717) is 0 Å². The Morgan fingerprint density at radius 3 is 2.42 bits per heavy atom. The van der Waals surface area contributed by atoms with E-state index in [1.165, 1.54) is 14.2 Å². The van der Waals surface area contributed by atoms with E-state index in [0.717, 1.165) is 4.31 Å². The zero-order valence-electron chi connectivity index (χ0n) is 6.78. The Morgan fingerprint density at radius 1 is 1.58 bits per heavy atom. The standard InChI is InChI=1S/C5H10BrNO4S/c1-7(3-5(8)11-2)12(9,10)4-6/h3-4H2,1-2H3. The molecule has 0 N–H and O–H groups in total. The van der Waals surface area contributed by atoms with Crippen LogP contribution in [0.25, 0.3) is 0 Å². The first-order chi connectivity index (χ1) is 5.44. The molecule has 0 aromatic carbocycles. The number of nitrogens with zero attached hydrogens (tertiary/aromatic N) is 1. The van der Waals surface area contributed by atoms with Gasteiger partial charge in [0.2, 0.25) is 10.0 Å². The van der Waals surface area contributed by atoms with Gasteiger partial charge in [-0.2, -0.15) is 4.31 Å². The minimum absolute atomic E-state index is 0.201. The predicted octanol–water partition coefficient (Wildman–Crippen LogP) is -0.227. The molecule has 0 unspecified atom stereocenters. The number of hydrogen-bond acceptors (Lipinski definition) is 4. The van der Waals surface area contributed by atoms with Gasteiger partial charge in [0, 0.05) is 7.05 Å². The predicted molar refractivity (Wildman–Crippen MR) is 47.4 cm³/mol. The minimum Gasteiger partial charge on any atom is -0.468 e. The van der Waals surface area contributed by atoms with Gasteiger partial charge in [0.1, 0.15) is 11.2 Å². The first-order valence-corrected chi connectivity index (χ1v) is 5.74. The van der Waals surface area contributed by atoms with Crippen LogP contribution in [0, 0.1) is 0 Å². The molecule has 0 bridgehead atoms. The number of rotatable bonds is 4. The summed E-state index contributed by atoms with van der Waals surface area (Å²) in [6.07, 6.45) is 0. The van der Waals surface area contributed by atoms with Crippen molar-refractivity contribution < 1.29 is 17.9 Å². The van der Waals surface area contributed by atoms with E-state index in [1.54, 1.807) is 0 Å². The molecule has 0 atom stereocenters. The fourth-order valence-electron chi connectivity index (χ4n) is 0.428. The van der Waals surface area contributed by atoms with Gasteiger partial charge in [0.15, 0.2) is 0 Å². The second-order valence-corrected chi connectivity index (χ2v) is 5.43. The summed E-state index contributed by atoms with van der Waals surface area (Å²) in [4.78, 5) is 10.6. The molecular weight excluding hydrogens is 250 g/mol. The molecule has 0 radical (unpaired) electrons. The van der Waals surface area contributed by atoms with Gasteiger partial charge in [-0.3, -0.25) is 4.79 Å². The Morgan fingerprint density at radius 2 is 2.08 bits per heavy atom. The third-order valence-electron chi connectivity index (χ3n) is 1.19. The minimum atomic E-state index is -3.35. The number of likely N-dealkylation sites (N-methyl/N-ethyl adjacent to an activating group) is 1. The van der Waals surface area contributed by atoms with Gasteiger partial charge in [-0.1, -0.05) is 15.9 Å². The molecule has 0 aliphatic rings. The molecule has 0 rings (SSSR count). The van der Waals surface area contributed by atoms with Crippen LogP contribution in [0.4, 0.5) is 0 Å². The van der Waals surface area contributed by atoms with E-state index in [2.05, 4.69) is 20.7 Å². The first-order valence-electron chi connectivity index (χ1n) is 3.01. The lowest BCUT2D eigenvalue weighted by Gasteiger charge is -2.12. The Kier molecular flexibility index (Phi) is 4.73. The highest BCUT2D eigenvalue weighted by molar-refractivity contribution is 9.10. The molecule has 0 heterocycles. The van der Waals surface area contributed by atoms with Gasteiger partial charge in [0.05, 0.1) is 7.11 Å². The summed E-state index contributed by atoms with van der Waals surface area (Å²) in [7, 11) is -0.836. The molecule has 0 aliphatic heterocycles. The smallest absolute Gasteiger partial charge is 0.320 e. The topological polar surface area (TPSA) is 63.7 Å². The molecule has 0 fully saturated rings. The molecule has 72 valence electrons. The molecule has 5 nitrogen and oxygen atoms in total. The van der Waals surface area contributed by atoms with Crippen molar-refractivity contribution >= 4 is 31.9 Å². The molecule has 7 heteroatoms. The van der Waals surface area contributed by atoms with Gasteiger partial charge < -0.3 is 4.74 Å². The highest BCUT2D eigenvalue weighted by Crippen LogP contribution is 2.01. The van der Waals surface area contributed by atoms with Gasteiger partial charge in [0.25, 0.3) is 0 Å². The van der Waals surface area contributed by atoms with Crippen molar-refractivity contribution in [2.75, 3.05) is 25.4 Å². The summed E-state index contributed by atoms with van der Waals surface area (Å²) in [5.41, 5.74) is 0. The fraction of sp³-hybridized carbons (Fsp3) is 0.800. The third-order valence-corrected chi connectivity index (χ3v) is 4.28. The number of halogens is 1. The molecular formula is C5H10BrNO4S. The first kappa shape index (κ1) is 11.9. The highest BCUT2D eigenvalue weighted by Gasteiger charge is 2.18. The Hall–Kier alpha value is -0.140. The van der Waals surface area contributed by atoms with Crippen LogP contribution >= 0.6 is 15.9 Å². The zero-order valence-corrected chi connectivity index (χ0v) is 9.18.